The van der Waals surface area contributed by atoms with Crippen molar-refractivity contribution in [2.24, 2.45) is 0 Å². The molecule has 0 radical (unpaired) electrons. The van der Waals surface area contributed by atoms with Crippen molar-refractivity contribution in [1.29, 1.82) is 0 Å². The Morgan fingerprint density at radius 1 is 1.03 bits per heavy atom. The van der Waals surface area contributed by atoms with Crippen molar-refractivity contribution in [3.05, 3.63) is 60.0 Å². The van der Waals surface area contributed by atoms with Crippen LogP contribution in [0.5, 0.6) is 5.75 Å². The monoisotopic (exact) mass is 459 g/mol. The van der Waals surface area contributed by atoms with Crippen molar-refractivity contribution in [2.45, 2.75) is 13.0 Å². The van der Waals surface area contributed by atoms with Crippen LogP contribution >= 0.6 is 0 Å². The fraction of sp³-hybridized carbons (Fsp3) is 0.308. The van der Waals surface area contributed by atoms with E-state index in [1.165, 1.54) is 6.07 Å². The van der Waals surface area contributed by atoms with Crippen molar-refractivity contribution in [3.63, 3.8) is 0 Å². The predicted octanol–water partition coefficient (Wildman–Crippen LogP) is 4.14. The molecule has 8 heteroatoms. The lowest BCUT2D eigenvalue weighted by Gasteiger charge is -2.31. The Balaban J connectivity index is 1.50. The van der Waals surface area contributed by atoms with Crippen molar-refractivity contribution >= 4 is 16.6 Å². The van der Waals surface area contributed by atoms with E-state index in [1.54, 1.807) is 12.3 Å². The lowest BCUT2D eigenvalue weighted by atomic mass is 10.0. The van der Waals surface area contributed by atoms with Gasteiger partial charge in [0, 0.05) is 49.1 Å². The van der Waals surface area contributed by atoms with E-state index in [1.807, 2.05) is 12.1 Å². The zero-order valence-corrected chi connectivity index (χ0v) is 18.8. The molecule has 2 aliphatic rings. The molecule has 2 aliphatic heterocycles. The number of H-pyrrole nitrogens is 1. The molecular formula is C26H26FN5O2. The third-order valence-electron chi connectivity index (χ3n) is 6.44. The molecular weight excluding hydrogens is 433 g/mol. The lowest BCUT2D eigenvalue weighted by Crippen LogP contribution is -2.43. The molecule has 6 rings (SSSR count). The molecule has 1 fully saturated rings. The van der Waals surface area contributed by atoms with E-state index in [2.05, 4.69) is 43.6 Å². The molecule has 0 atom stereocenters. The van der Waals surface area contributed by atoms with Crippen molar-refractivity contribution in [3.8, 4) is 28.3 Å². The summed E-state index contributed by atoms with van der Waals surface area (Å²) in [4.78, 5) is 6.89. The molecule has 0 saturated carbocycles. The molecule has 2 N–H and O–H groups in total. The first kappa shape index (κ1) is 21.1. The average Bonchev–Trinajstić information content (AvgIpc) is 3.29. The summed E-state index contributed by atoms with van der Waals surface area (Å²) in [6.07, 6.45) is 2.44. The van der Waals surface area contributed by atoms with Gasteiger partial charge in [-0.1, -0.05) is 18.2 Å². The minimum atomic E-state index is -0.312. The number of aromatic nitrogens is 3. The first-order chi connectivity index (χ1) is 16.8. The highest BCUT2D eigenvalue weighted by Gasteiger charge is 2.20. The maximum atomic E-state index is 14.9. The van der Waals surface area contributed by atoms with Gasteiger partial charge in [0.2, 0.25) is 0 Å². The Morgan fingerprint density at radius 3 is 2.85 bits per heavy atom. The van der Waals surface area contributed by atoms with Crippen LogP contribution in [-0.4, -0.2) is 54.6 Å². The van der Waals surface area contributed by atoms with Crippen LogP contribution in [-0.2, 0) is 11.3 Å². The summed E-state index contributed by atoms with van der Waals surface area (Å²) in [6.45, 7) is 5.13. The van der Waals surface area contributed by atoms with Crippen LogP contribution in [0.3, 0.4) is 0 Å². The van der Waals surface area contributed by atoms with Crippen LogP contribution < -0.4 is 15.0 Å². The van der Waals surface area contributed by atoms with E-state index in [0.717, 1.165) is 71.8 Å². The van der Waals surface area contributed by atoms with Crippen molar-refractivity contribution < 1.29 is 13.9 Å². The first-order valence-electron chi connectivity index (χ1n) is 11.7. The third-order valence-corrected chi connectivity index (χ3v) is 6.44. The average molecular weight is 460 g/mol. The van der Waals surface area contributed by atoms with Gasteiger partial charge in [-0.15, -0.1) is 0 Å². The number of piperazine rings is 1. The SMILES string of the molecule is Fc1cccc2c1-c1cc3c(n[nH]c3cn1)-c1ccc(N3CCNCC3)c(c1)OCCCOC2. The number of anilines is 1. The molecule has 0 unspecified atom stereocenters. The maximum Gasteiger partial charge on any atom is 0.143 e. The van der Waals surface area contributed by atoms with Gasteiger partial charge in [0.1, 0.15) is 17.3 Å². The van der Waals surface area contributed by atoms with Crippen molar-refractivity contribution in [1.82, 2.24) is 20.5 Å². The minimum absolute atomic E-state index is 0.310. The van der Waals surface area contributed by atoms with Gasteiger partial charge in [-0.3, -0.25) is 10.1 Å². The number of halogens is 1. The summed E-state index contributed by atoms with van der Waals surface area (Å²) in [5, 5.41) is 11.9. The molecule has 2 aromatic heterocycles. The Kier molecular flexibility index (Phi) is 5.60. The number of pyridine rings is 1. The van der Waals surface area contributed by atoms with Gasteiger partial charge in [0.05, 0.1) is 42.9 Å². The first-order valence-corrected chi connectivity index (χ1v) is 11.7. The number of hydrogen-bond acceptors (Lipinski definition) is 6. The van der Waals surface area contributed by atoms with Gasteiger partial charge in [0.15, 0.2) is 0 Å². The number of benzene rings is 2. The third kappa shape index (κ3) is 3.89. The van der Waals surface area contributed by atoms with Gasteiger partial charge < -0.3 is 19.7 Å². The molecule has 1 saturated heterocycles. The predicted molar refractivity (Wildman–Crippen MR) is 130 cm³/mol. The van der Waals surface area contributed by atoms with E-state index in [-0.39, 0.29) is 5.82 Å². The van der Waals surface area contributed by atoms with Crippen molar-refractivity contribution in [2.75, 3.05) is 44.3 Å². The molecule has 7 nitrogen and oxygen atoms in total. The van der Waals surface area contributed by atoms with Crippen LogP contribution in [0.15, 0.2) is 48.7 Å². The second-order valence-corrected chi connectivity index (χ2v) is 8.64. The molecule has 0 spiro atoms. The number of rotatable bonds is 1. The molecule has 34 heavy (non-hydrogen) atoms. The maximum absolute atomic E-state index is 14.9. The Bertz CT molecular complexity index is 1330. The molecule has 2 aromatic carbocycles. The highest BCUT2D eigenvalue weighted by Crippen LogP contribution is 2.37. The Labute approximate surface area is 196 Å². The summed E-state index contributed by atoms with van der Waals surface area (Å²) < 4.78 is 27.1. The van der Waals surface area contributed by atoms with Gasteiger partial charge in [-0.05, 0) is 29.8 Å². The lowest BCUT2D eigenvalue weighted by molar-refractivity contribution is 0.107. The zero-order valence-electron chi connectivity index (χ0n) is 18.8. The second-order valence-electron chi connectivity index (χ2n) is 8.64. The fourth-order valence-electron chi connectivity index (χ4n) is 4.72. The van der Waals surface area contributed by atoms with E-state index in [9.17, 15) is 4.39 Å². The number of ether oxygens (including phenoxy) is 2. The van der Waals surface area contributed by atoms with E-state index in [4.69, 9.17) is 9.47 Å². The molecule has 4 aromatic rings. The highest BCUT2D eigenvalue weighted by molar-refractivity contribution is 5.95. The molecule has 174 valence electrons. The second kappa shape index (κ2) is 9.04. The number of hydrogen-bond donors (Lipinski definition) is 2. The van der Waals surface area contributed by atoms with Crippen LogP contribution in [0.2, 0.25) is 0 Å². The van der Waals surface area contributed by atoms with Crippen LogP contribution in [0.4, 0.5) is 10.1 Å². The van der Waals surface area contributed by atoms with Crippen LogP contribution in [0.25, 0.3) is 33.4 Å². The number of aromatic amines is 1. The van der Waals surface area contributed by atoms with Crippen LogP contribution in [0.1, 0.15) is 12.0 Å². The van der Waals surface area contributed by atoms with Crippen LogP contribution in [0, 0.1) is 5.82 Å². The van der Waals surface area contributed by atoms with E-state index < -0.39 is 0 Å². The summed E-state index contributed by atoms with van der Waals surface area (Å²) in [7, 11) is 0. The molecule has 0 amide bonds. The summed E-state index contributed by atoms with van der Waals surface area (Å²) in [5.74, 6) is 0.530. The Morgan fingerprint density at radius 2 is 1.94 bits per heavy atom. The normalized spacial score (nSPS) is 16.6. The summed E-state index contributed by atoms with van der Waals surface area (Å²) >= 11 is 0. The van der Waals surface area contributed by atoms with Gasteiger partial charge in [0.25, 0.3) is 0 Å². The minimum Gasteiger partial charge on any atom is -0.491 e. The number of fused-ring (bicyclic) bond motifs is 6. The fourth-order valence-corrected chi connectivity index (χ4v) is 4.72. The van der Waals surface area contributed by atoms with Gasteiger partial charge in [-0.2, -0.15) is 5.10 Å². The van der Waals surface area contributed by atoms with Gasteiger partial charge >= 0.3 is 0 Å². The topological polar surface area (TPSA) is 75.3 Å². The molecule has 0 aliphatic carbocycles. The molecule has 4 bridgehead atoms. The summed E-state index contributed by atoms with van der Waals surface area (Å²) in [5.41, 5.74) is 5.43. The number of nitrogens with one attached hydrogen (secondary N) is 2. The van der Waals surface area contributed by atoms with E-state index in [0.29, 0.717) is 31.1 Å². The molecule has 4 heterocycles. The van der Waals surface area contributed by atoms with Gasteiger partial charge in [-0.25, -0.2) is 4.39 Å². The zero-order chi connectivity index (χ0) is 22.9. The largest absolute Gasteiger partial charge is 0.491 e. The summed E-state index contributed by atoms with van der Waals surface area (Å²) in [6, 6.07) is 13.2. The standard InChI is InChI=1S/C26H26FN5O2/c27-20-4-1-3-18-16-33-11-2-12-34-24-13-17(5-6-23(24)32-9-7-28-8-10-32)26-19-14-21(25(18)20)29-15-22(19)30-31-26/h1,3-6,13-15,28H,2,7-12,16H2,(H,30,31). The van der Waals surface area contributed by atoms with E-state index >= 15 is 0 Å². The quantitative estimate of drug-likeness (QED) is 0.446. The highest BCUT2D eigenvalue weighted by atomic mass is 19.1. The Hall–Kier alpha value is -3.49. The number of nitrogens with zero attached hydrogens (tertiary/aromatic N) is 3. The smallest absolute Gasteiger partial charge is 0.143 e.